The minimum atomic E-state index is -3.28. The van der Waals surface area contributed by atoms with Gasteiger partial charge >= 0.3 is 5.97 Å². The second-order valence-corrected chi connectivity index (χ2v) is 6.56. The number of alkyl halides is 2. The maximum atomic E-state index is 14.5. The van der Waals surface area contributed by atoms with Crippen molar-refractivity contribution in [3.63, 3.8) is 0 Å². The Kier molecular flexibility index (Phi) is 5.95. The van der Waals surface area contributed by atoms with E-state index in [-0.39, 0.29) is 17.0 Å². The molecule has 0 fully saturated rings. The highest BCUT2D eigenvalue weighted by atomic mass is 19.3. The van der Waals surface area contributed by atoms with E-state index < -0.39 is 29.7 Å². The molecule has 0 aliphatic carbocycles. The van der Waals surface area contributed by atoms with Gasteiger partial charge in [0.1, 0.15) is 17.7 Å². The molecule has 2 unspecified atom stereocenters. The molecular weight excluding hydrogens is 345 g/mol. The predicted octanol–water partition coefficient (Wildman–Crippen LogP) is 5.09. The van der Waals surface area contributed by atoms with Crippen molar-refractivity contribution in [1.29, 1.82) is 0 Å². The summed E-state index contributed by atoms with van der Waals surface area (Å²) in [5, 5.41) is 9.17. The molecule has 0 saturated heterocycles. The van der Waals surface area contributed by atoms with Gasteiger partial charge in [0.25, 0.3) is 5.92 Å². The van der Waals surface area contributed by atoms with Crippen molar-refractivity contribution in [2.45, 2.75) is 32.8 Å². The first-order valence-electron chi connectivity index (χ1n) is 8.26. The Bertz CT molecular complexity index is 740. The van der Waals surface area contributed by atoms with E-state index in [0.717, 1.165) is 24.3 Å². The highest BCUT2D eigenvalue weighted by molar-refractivity contribution is 5.70. The van der Waals surface area contributed by atoms with E-state index in [4.69, 9.17) is 9.84 Å². The monoisotopic (exact) mass is 366 g/mol. The van der Waals surface area contributed by atoms with Crippen LogP contribution in [0.3, 0.4) is 0 Å². The van der Waals surface area contributed by atoms with Crippen LogP contribution in [0.2, 0.25) is 0 Å². The van der Waals surface area contributed by atoms with Crippen LogP contribution < -0.4 is 4.74 Å². The van der Waals surface area contributed by atoms with Crippen molar-refractivity contribution in [3.05, 3.63) is 65.5 Å². The number of hydrogen-bond donors (Lipinski definition) is 1. The van der Waals surface area contributed by atoms with Crippen molar-refractivity contribution in [2.75, 3.05) is 0 Å². The third kappa shape index (κ3) is 4.36. The van der Waals surface area contributed by atoms with E-state index in [9.17, 15) is 18.0 Å². The molecule has 0 aromatic heterocycles. The molecule has 0 heterocycles. The number of hydrogen-bond acceptors (Lipinski definition) is 2. The summed E-state index contributed by atoms with van der Waals surface area (Å²) in [7, 11) is 0. The quantitative estimate of drug-likeness (QED) is 0.742. The van der Waals surface area contributed by atoms with Crippen molar-refractivity contribution < 1.29 is 27.8 Å². The van der Waals surface area contributed by atoms with Gasteiger partial charge in [0.15, 0.2) is 0 Å². The molecule has 0 radical (unpaired) electrons. The van der Waals surface area contributed by atoms with Crippen LogP contribution in [0.15, 0.2) is 48.5 Å². The molecule has 6 heteroatoms. The van der Waals surface area contributed by atoms with Crippen molar-refractivity contribution in [2.24, 2.45) is 11.8 Å². The topological polar surface area (TPSA) is 46.5 Å². The number of halogens is 3. The standard InChI is InChI=1S/C20H21F3O3/c1-12(2)18(13(3)19(24)25)26-17-10-6-15(7-11-17)20(22,23)14-4-8-16(21)9-5-14/h4-13,18H,1-3H3,(H,24,25). The van der Waals surface area contributed by atoms with Crippen LogP contribution >= 0.6 is 0 Å². The number of rotatable bonds is 7. The zero-order valence-electron chi connectivity index (χ0n) is 14.7. The zero-order chi connectivity index (χ0) is 19.5. The Balaban J connectivity index is 2.21. The fraction of sp³-hybridized carbons (Fsp3) is 0.350. The van der Waals surface area contributed by atoms with Gasteiger partial charge in [-0.3, -0.25) is 4.79 Å². The minimum Gasteiger partial charge on any atom is -0.489 e. The number of carbonyl (C=O) groups is 1. The van der Waals surface area contributed by atoms with Gasteiger partial charge in [-0.25, -0.2) is 4.39 Å². The Morgan fingerprint density at radius 1 is 0.962 bits per heavy atom. The zero-order valence-corrected chi connectivity index (χ0v) is 14.7. The molecule has 3 nitrogen and oxygen atoms in total. The molecule has 0 aliphatic rings. The number of aliphatic carboxylic acids is 1. The van der Waals surface area contributed by atoms with Gasteiger partial charge in [0.2, 0.25) is 0 Å². The normalized spacial score (nSPS) is 14.1. The van der Waals surface area contributed by atoms with E-state index in [1.807, 2.05) is 13.8 Å². The summed E-state index contributed by atoms with van der Waals surface area (Å²) in [6, 6.07) is 9.28. The second-order valence-electron chi connectivity index (χ2n) is 6.56. The fourth-order valence-corrected chi connectivity index (χ4v) is 2.68. The highest BCUT2D eigenvalue weighted by Crippen LogP contribution is 2.36. The third-order valence-electron chi connectivity index (χ3n) is 4.24. The lowest BCUT2D eigenvalue weighted by molar-refractivity contribution is -0.145. The van der Waals surface area contributed by atoms with Crippen molar-refractivity contribution >= 4 is 5.97 Å². The van der Waals surface area contributed by atoms with E-state index in [1.165, 1.54) is 24.3 Å². The molecular formula is C20H21F3O3. The van der Waals surface area contributed by atoms with Crippen LogP contribution in [0, 0.1) is 17.7 Å². The predicted molar refractivity (Wildman–Crippen MR) is 91.9 cm³/mol. The molecule has 0 saturated carbocycles. The average Bonchev–Trinajstić information content (AvgIpc) is 2.59. The first kappa shape index (κ1) is 19.8. The Hall–Kier alpha value is -2.50. The number of carboxylic acids is 1. The lowest BCUT2D eigenvalue weighted by Crippen LogP contribution is -2.35. The van der Waals surface area contributed by atoms with Gasteiger partial charge in [-0.1, -0.05) is 13.8 Å². The maximum absolute atomic E-state index is 14.5. The number of benzene rings is 2. The van der Waals surface area contributed by atoms with Crippen LogP contribution in [0.4, 0.5) is 13.2 Å². The van der Waals surface area contributed by atoms with Crippen LogP contribution in [-0.4, -0.2) is 17.2 Å². The summed E-state index contributed by atoms with van der Waals surface area (Å²) >= 11 is 0. The Labute approximate surface area is 150 Å². The first-order valence-corrected chi connectivity index (χ1v) is 8.26. The van der Waals surface area contributed by atoms with Crippen LogP contribution in [-0.2, 0) is 10.7 Å². The molecule has 26 heavy (non-hydrogen) atoms. The lowest BCUT2D eigenvalue weighted by Gasteiger charge is -2.26. The number of carboxylic acid groups (broad SMARTS) is 1. The van der Waals surface area contributed by atoms with Gasteiger partial charge in [-0.05, 0) is 61.4 Å². The van der Waals surface area contributed by atoms with Gasteiger partial charge in [-0.2, -0.15) is 8.78 Å². The summed E-state index contributed by atoms with van der Waals surface area (Å²) in [5.41, 5.74) is -0.573. The molecule has 2 rings (SSSR count). The van der Waals surface area contributed by atoms with E-state index in [2.05, 4.69) is 0 Å². The summed E-state index contributed by atoms with van der Waals surface area (Å²) in [6.07, 6.45) is -0.587. The van der Waals surface area contributed by atoms with Gasteiger partial charge in [-0.15, -0.1) is 0 Å². The van der Waals surface area contributed by atoms with Gasteiger partial charge in [0.05, 0.1) is 5.92 Å². The van der Waals surface area contributed by atoms with Crippen molar-refractivity contribution in [3.8, 4) is 5.75 Å². The van der Waals surface area contributed by atoms with E-state index in [0.29, 0.717) is 5.75 Å². The molecule has 2 atom stereocenters. The lowest BCUT2D eigenvalue weighted by atomic mass is 9.94. The molecule has 0 bridgehead atoms. The van der Waals surface area contributed by atoms with Gasteiger partial charge < -0.3 is 9.84 Å². The summed E-state index contributed by atoms with van der Waals surface area (Å²) < 4.78 is 47.7. The Morgan fingerprint density at radius 3 is 1.85 bits per heavy atom. The smallest absolute Gasteiger partial charge is 0.309 e. The largest absolute Gasteiger partial charge is 0.489 e. The molecule has 0 amide bonds. The van der Waals surface area contributed by atoms with Crippen LogP contribution in [0.25, 0.3) is 0 Å². The minimum absolute atomic E-state index is 0.0681. The molecule has 0 aliphatic heterocycles. The third-order valence-corrected chi connectivity index (χ3v) is 4.24. The van der Waals surface area contributed by atoms with Gasteiger partial charge in [0, 0.05) is 11.1 Å². The fourth-order valence-electron chi connectivity index (χ4n) is 2.68. The Morgan fingerprint density at radius 2 is 1.42 bits per heavy atom. The van der Waals surface area contributed by atoms with Crippen LogP contribution in [0.1, 0.15) is 31.9 Å². The SMILES string of the molecule is CC(C)C(Oc1ccc(C(F)(F)c2ccc(F)cc2)cc1)C(C)C(=O)O. The van der Waals surface area contributed by atoms with Crippen molar-refractivity contribution in [1.82, 2.24) is 0 Å². The molecule has 2 aromatic carbocycles. The van der Waals surface area contributed by atoms with E-state index >= 15 is 0 Å². The maximum Gasteiger partial charge on any atom is 0.309 e. The average molecular weight is 366 g/mol. The highest BCUT2D eigenvalue weighted by Gasteiger charge is 2.34. The first-order chi connectivity index (χ1) is 12.1. The molecule has 140 valence electrons. The molecule has 0 spiro atoms. The second kappa shape index (κ2) is 7.81. The number of ether oxygens (including phenoxy) is 1. The summed E-state index contributed by atoms with van der Waals surface area (Å²) in [6.45, 7) is 5.21. The summed E-state index contributed by atoms with van der Waals surface area (Å²) in [4.78, 5) is 11.2. The van der Waals surface area contributed by atoms with Crippen LogP contribution in [0.5, 0.6) is 5.75 Å². The molecule has 1 N–H and O–H groups in total. The summed E-state index contributed by atoms with van der Waals surface area (Å²) in [5.74, 6) is -5.34. The van der Waals surface area contributed by atoms with E-state index in [1.54, 1.807) is 6.92 Å². The molecule has 2 aromatic rings.